The molecule has 1 aromatic heterocycles. The molecule has 0 aliphatic rings. The number of aromatic nitrogens is 3. The molecule has 0 spiro atoms. The normalized spacial score (nSPS) is 10.5. The van der Waals surface area contributed by atoms with Crippen LogP contribution in [-0.2, 0) is 4.79 Å². The van der Waals surface area contributed by atoms with Gasteiger partial charge in [-0.1, -0.05) is 41.6 Å². The van der Waals surface area contributed by atoms with Crippen molar-refractivity contribution >= 4 is 40.9 Å². The average molecular weight is 360 g/mol. The zero-order chi connectivity index (χ0) is 16.9. The van der Waals surface area contributed by atoms with Gasteiger partial charge in [0.25, 0.3) is 0 Å². The van der Waals surface area contributed by atoms with Crippen LogP contribution in [0.1, 0.15) is 0 Å². The first-order valence-corrected chi connectivity index (χ1v) is 8.44. The van der Waals surface area contributed by atoms with E-state index < -0.39 is 0 Å². The molecular formula is C16H14ClN5OS. The number of nitrogens with zero attached hydrogens (tertiary/aromatic N) is 3. The van der Waals surface area contributed by atoms with Crippen LogP contribution >= 0.6 is 23.4 Å². The van der Waals surface area contributed by atoms with E-state index in [0.717, 1.165) is 5.69 Å². The highest BCUT2D eigenvalue weighted by atomic mass is 35.5. The highest BCUT2D eigenvalue weighted by Crippen LogP contribution is 2.23. The van der Waals surface area contributed by atoms with Crippen LogP contribution in [0.15, 0.2) is 59.8 Å². The van der Waals surface area contributed by atoms with Gasteiger partial charge in [-0.25, -0.2) is 0 Å². The molecule has 24 heavy (non-hydrogen) atoms. The molecule has 0 aliphatic carbocycles. The van der Waals surface area contributed by atoms with Gasteiger partial charge in [0, 0.05) is 10.7 Å². The van der Waals surface area contributed by atoms with E-state index in [1.54, 1.807) is 28.8 Å². The monoisotopic (exact) mass is 359 g/mol. The molecule has 1 heterocycles. The predicted molar refractivity (Wildman–Crippen MR) is 96.6 cm³/mol. The van der Waals surface area contributed by atoms with Crippen LogP contribution in [0.4, 0.5) is 11.6 Å². The lowest BCUT2D eigenvalue weighted by Crippen LogP contribution is -2.14. The molecular weight excluding hydrogens is 346 g/mol. The number of carbonyl (C=O) groups excluding carboxylic acids is 1. The summed E-state index contributed by atoms with van der Waals surface area (Å²) < 4.78 is 1.71. The highest BCUT2D eigenvalue weighted by molar-refractivity contribution is 7.99. The number of para-hydroxylation sites is 1. The van der Waals surface area contributed by atoms with E-state index >= 15 is 0 Å². The Hall–Kier alpha value is -2.51. The van der Waals surface area contributed by atoms with Crippen molar-refractivity contribution < 1.29 is 4.79 Å². The number of thioether (sulfide) groups is 1. The molecule has 2 aromatic carbocycles. The van der Waals surface area contributed by atoms with Crippen molar-refractivity contribution in [1.82, 2.24) is 14.8 Å². The van der Waals surface area contributed by atoms with Crippen LogP contribution < -0.4 is 11.1 Å². The van der Waals surface area contributed by atoms with Crippen molar-refractivity contribution in [3.8, 4) is 5.69 Å². The van der Waals surface area contributed by atoms with Crippen LogP contribution in [-0.4, -0.2) is 26.4 Å². The molecule has 3 rings (SSSR count). The number of rotatable bonds is 5. The summed E-state index contributed by atoms with van der Waals surface area (Å²) in [7, 11) is 0. The van der Waals surface area contributed by atoms with Crippen molar-refractivity contribution in [3.05, 3.63) is 59.6 Å². The Bertz CT molecular complexity index is 835. The summed E-state index contributed by atoms with van der Waals surface area (Å²) in [5.41, 5.74) is 7.42. The average Bonchev–Trinajstić information content (AvgIpc) is 2.96. The van der Waals surface area contributed by atoms with Crippen molar-refractivity contribution in [1.29, 1.82) is 0 Å². The first-order chi connectivity index (χ1) is 11.6. The topological polar surface area (TPSA) is 85.8 Å². The number of nitrogen functional groups attached to an aromatic ring is 1. The maximum atomic E-state index is 12.1. The number of anilines is 2. The lowest BCUT2D eigenvalue weighted by Gasteiger charge is -2.08. The van der Waals surface area contributed by atoms with Gasteiger partial charge in [-0.05, 0) is 36.4 Å². The minimum atomic E-state index is -0.150. The first kappa shape index (κ1) is 16.4. The lowest BCUT2D eigenvalue weighted by molar-refractivity contribution is -0.113. The fourth-order valence-electron chi connectivity index (χ4n) is 2.06. The second-order valence-electron chi connectivity index (χ2n) is 4.86. The quantitative estimate of drug-likeness (QED) is 0.683. The minimum Gasteiger partial charge on any atom is -0.368 e. The maximum absolute atomic E-state index is 12.1. The standard InChI is InChI=1S/C16H14ClN5OS/c17-11-6-8-12(9-7-11)19-14(23)10-24-16-21-20-15(18)22(16)13-4-2-1-3-5-13/h1-9H,10H2,(H2,18,20)(H,19,23). The zero-order valence-electron chi connectivity index (χ0n) is 12.5. The third-order valence-corrected chi connectivity index (χ3v) is 4.31. The number of benzene rings is 2. The van der Waals surface area contributed by atoms with Gasteiger partial charge >= 0.3 is 0 Å². The zero-order valence-corrected chi connectivity index (χ0v) is 14.1. The van der Waals surface area contributed by atoms with E-state index in [9.17, 15) is 4.79 Å². The van der Waals surface area contributed by atoms with Crippen molar-refractivity contribution in [2.24, 2.45) is 0 Å². The van der Waals surface area contributed by atoms with Crippen molar-refractivity contribution in [2.45, 2.75) is 5.16 Å². The third-order valence-electron chi connectivity index (χ3n) is 3.13. The summed E-state index contributed by atoms with van der Waals surface area (Å²) in [6.07, 6.45) is 0. The molecule has 122 valence electrons. The number of carbonyl (C=O) groups is 1. The van der Waals surface area contributed by atoms with E-state index in [-0.39, 0.29) is 17.6 Å². The molecule has 6 nitrogen and oxygen atoms in total. The highest BCUT2D eigenvalue weighted by Gasteiger charge is 2.13. The van der Waals surface area contributed by atoms with Crippen molar-refractivity contribution in [3.63, 3.8) is 0 Å². The molecule has 0 saturated heterocycles. The Morgan fingerprint density at radius 1 is 1.12 bits per heavy atom. The largest absolute Gasteiger partial charge is 0.368 e. The Labute approximate surface area is 148 Å². The molecule has 0 aliphatic heterocycles. The van der Waals surface area contributed by atoms with Gasteiger partial charge in [0.2, 0.25) is 11.9 Å². The summed E-state index contributed by atoms with van der Waals surface area (Å²) in [6, 6.07) is 16.4. The number of amides is 1. The molecule has 0 saturated carbocycles. The molecule has 0 atom stereocenters. The molecule has 3 N–H and O–H groups in total. The first-order valence-electron chi connectivity index (χ1n) is 7.08. The van der Waals surface area contributed by atoms with Gasteiger partial charge in [-0.3, -0.25) is 9.36 Å². The fourth-order valence-corrected chi connectivity index (χ4v) is 2.94. The predicted octanol–water partition coefficient (Wildman–Crippen LogP) is 3.23. The summed E-state index contributed by atoms with van der Waals surface area (Å²) in [6.45, 7) is 0. The molecule has 0 unspecified atom stereocenters. The van der Waals surface area contributed by atoms with Gasteiger partial charge in [-0.2, -0.15) is 0 Å². The van der Waals surface area contributed by atoms with Crippen LogP contribution in [0.3, 0.4) is 0 Å². The summed E-state index contributed by atoms with van der Waals surface area (Å²) in [4.78, 5) is 12.1. The van der Waals surface area contributed by atoms with Gasteiger partial charge in [-0.15, -0.1) is 10.2 Å². The number of nitrogens with one attached hydrogen (secondary N) is 1. The molecule has 3 aromatic rings. The molecule has 1 amide bonds. The van der Waals surface area contributed by atoms with Crippen LogP contribution in [0.5, 0.6) is 0 Å². The SMILES string of the molecule is Nc1nnc(SCC(=O)Nc2ccc(Cl)cc2)n1-c1ccccc1. The smallest absolute Gasteiger partial charge is 0.234 e. The summed E-state index contributed by atoms with van der Waals surface area (Å²) in [5, 5.41) is 11.9. The summed E-state index contributed by atoms with van der Waals surface area (Å²) >= 11 is 7.09. The molecule has 8 heteroatoms. The number of halogens is 1. The Morgan fingerprint density at radius 3 is 2.54 bits per heavy atom. The Balaban J connectivity index is 1.67. The van der Waals surface area contributed by atoms with Crippen LogP contribution in [0.25, 0.3) is 5.69 Å². The van der Waals surface area contributed by atoms with Crippen LogP contribution in [0, 0.1) is 0 Å². The fraction of sp³-hybridized carbons (Fsp3) is 0.0625. The van der Waals surface area contributed by atoms with Crippen molar-refractivity contribution in [2.75, 3.05) is 16.8 Å². The molecule has 0 radical (unpaired) electrons. The third kappa shape index (κ3) is 3.87. The Morgan fingerprint density at radius 2 is 1.83 bits per heavy atom. The lowest BCUT2D eigenvalue weighted by atomic mass is 10.3. The minimum absolute atomic E-state index is 0.150. The second-order valence-corrected chi connectivity index (χ2v) is 6.23. The number of hydrogen-bond acceptors (Lipinski definition) is 5. The molecule has 0 bridgehead atoms. The van der Waals surface area contributed by atoms with E-state index in [1.165, 1.54) is 11.8 Å². The Kier molecular flexibility index (Phi) is 5.02. The van der Waals surface area contributed by atoms with Gasteiger partial charge in [0.1, 0.15) is 0 Å². The van der Waals surface area contributed by atoms with E-state index in [2.05, 4.69) is 15.5 Å². The van der Waals surface area contributed by atoms with E-state index in [4.69, 9.17) is 17.3 Å². The van der Waals surface area contributed by atoms with Gasteiger partial charge < -0.3 is 11.1 Å². The van der Waals surface area contributed by atoms with Crippen LogP contribution in [0.2, 0.25) is 5.02 Å². The van der Waals surface area contributed by atoms with Gasteiger partial charge in [0.05, 0.1) is 11.4 Å². The molecule has 0 fully saturated rings. The number of hydrogen-bond donors (Lipinski definition) is 2. The second kappa shape index (κ2) is 7.37. The summed E-state index contributed by atoms with van der Waals surface area (Å²) in [5.74, 6) is 0.318. The maximum Gasteiger partial charge on any atom is 0.234 e. The van der Waals surface area contributed by atoms with E-state index in [0.29, 0.717) is 15.9 Å². The van der Waals surface area contributed by atoms with Gasteiger partial charge in [0.15, 0.2) is 5.16 Å². The number of nitrogens with two attached hydrogens (primary N) is 1. The van der Waals surface area contributed by atoms with E-state index in [1.807, 2.05) is 30.3 Å².